The van der Waals surface area contributed by atoms with Crippen LogP contribution in [0.25, 0.3) is 0 Å². The molecule has 1 unspecified atom stereocenters. The molecule has 118 valence electrons. The highest BCUT2D eigenvalue weighted by atomic mass is 32.2. The van der Waals surface area contributed by atoms with Gasteiger partial charge in [0.05, 0.1) is 5.75 Å². The molecule has 2 rings (SSSR count). The van der Waals surface area contributed by atoms with E-state index in [0.29, 0.717) is 24.9 Å². The molecule has 0 aromatic rings. The van der Waals surface area contributed by atoms with Gasteiger partial charge in [0, 0.05) is 31.7 Å². The monoisotopic (exact) mass is 303 g/mol. The number of likely N-dealkylation sites (N-methyl/N-ethyl adjacent to an activating group) is 1. The lowest BCUT2D eigenvalue weighted by molar-refractivity contribution is 0.144. The Morgan fingerprint density at radius 1 is 1.20 bits per heavy atom. The summed E-state index contributed by atoms with van der Waals surface area (Å²) in [6, 6.07) is 1.09. The fourth-order valence-corrected chi connectivity index (χ4v) is 4.33. The van der Waals surface area contributed by atoms with Gasteiger partial charge in [0.1, 0.15) is 0 Å². The molecule has 2 fully saturated rings. The van der Waals surface area contributed by atoms with Crippen LogP contribution in [0.2, 0.25) is 0 Å². The van der Waals surface area contributed by atoms with Crippen LogP contribution in [0.3, 0.4) is 0 Å². The normalized spacial score (nSPS) is 26.0. The highest BCUT2D eigenvalue weighted by Crippen LogP contribution is 2.18. The van der Waals surface area contributed by atoms with Gasteiger partial charge in [0.25, 0.3) is 0 Å². The molecule has 0 spiro atoms. The zero-order valence-electron chi connectivity index (χ0n) is 12.8. The first-order valence-electron chi connectivity index (χ1n) is 7.94. The number of unbranched alkanes of at least 4 members (excludes halogenated alkanes) is 1. The van der Waals surface area contributed by atoms with Crippen LogP contribution in [-0.2, 0) is 10.0 Å². The maximum Gasteiger partial charge on any atom is 0.214 e. The molecule has 0 amide bonds. The fourth-order valence-electron chi connectivity index (χ4n) is 2.74. The summed E-state index contributed by atoms with van der Waals surface area (Å²) in [6.45, 7) is 5.24. The summed E-state index contributed by atoms with van der Waals surface area (Å²) >= 11 is 0. The topological polar surface area (TPSA) is 52.7 Å². The van der Waals surface area contributed by atoms with Crippen LogP contribution in [0, 0.1) is 0 Å². The maximum absolute atomic E-state index is 12.4. The average Bonchev–Trinajstić information content (AvgIpc) is 3.22. The number of nitrogens with zero attached hydrogens (tertiary/aromatic N) is 2. The Kier molecular flexibility index (Phi) is 5.84. The van der Waals surface area contributed by atoms with Crippen molar-refractivity contribution in [1.82, 2.24) is 14.5 Å². The molecule has 2 aliphatic rings. The number of nitrogens with one attached hydrogen (secondary N) is 1. The molecule has 1 aliphatic carbocycles. The van der Waals surface area contributed by atoms with Crippen LogP contribution in [0.5, 0.6) is 0 Å². The van der Waals surface area contributed by atoms with E-state index in [4.69, 9.17) is 0 Å². The summed E-state index contributed by atoms with van der Waals surface area (Å²) in [5, 5.41) is 3.43. The van der Waals surface area contributed by atoms with Crippen LogP contribution >= 0.6 is 0 Å². The van der Waals surface area contributed by atoms with E-state index in [0.717, 1.165) is 38.4 Å². The van der Waals surface area contributed by atoms with E-state index in [1.54, 1.807) is 4.31 Å². The van der Waals surface area contributed by atoms with Crippen LogP contribution in [0.1, 0.15) is 39.0 Å². The first-order chi connectivity index (χ1) is 9.53. The second kappa shape index (κ2) is 7.20. The molecule has 1 atom stereocenters. The van der Waals surface area contributed by atoms with Crippen molar-refractivity contribution in [2.45, 2.75) is 51.1 Å². The van der Waals surface area contributed by atoms with E-state index in [2.05, 4.69) is 24.2 Å². The number of rotatable bonds is 8. The third-order valence-electron chi connectivity index (χ3n) is 4.44. The van der Waals surface area contributed by atoms with E-state index in [1.165, 1.54) is 12.8 Å². The van der Waals surface area contributed by atoms with E-state index >= 15 is 0 Å². The molecular weight excluding hydrogens is 274 g/mol. The number of hydrogen-bond donors (Lipinski definition) is 1. The molecule has 0 bridgehead atoms. The van der Waals surface area contributed by atoms with Crippen molar-refractivity contribution in [3.05, 3.63) is 0 Å². The Bertz CT molecular complexity index is 395. The van der Waals surface area contributed by atoms with Gasteiger partial charge in [-0.1, -0.05) is 6.92 Å². The zero-order chi connectivity index (χ0) is 14.6. The number of sulfonamides is 1. The van der Waals surface area contributed by atoms with Gasteiger partial charge in [0.15, 0.2) is 0 Å². The molecule has 0 radical (unpaired) electrons. The Balaban J connectivity index is 1.71. The van der Waals surface area contributed by atoms with Crippen LogP contribution in [0.4, 0.5) is 0 Å². The lowest BCUT2D eigenvalue weighted by Gasteiger charge is -2.38. The third-order valence-corrected chi connectivity index (χ3v) is 6.37. The molecule has 5 nitrogen and oxygen atoms in total. The van der Waals surface area contributed by atoms with Gasteiger partial charge < -0.3 is 10.2 Å². The molecule has 0 aromatic heterocycles. The fraction of sp³-hybridized carbons (Fsp3) is 1.00. The van der Waals surface area contributed by atoms with Crippen molar-refractivity contribution in [3.8, 4) is 0 Å². The molecule has 6 heteroatoms. The standard InChI is InChI=1S/C14H29N3O2S/c1-3-14-12-17(10-9-16(14)2)20(18,19)11-5-4-8-15-13-6-7-13/h13-15H,3-12H2,1-2H3. The number of hydrogen-bond acceptors (Lipinski definition) is 4. The van der Waals surface area contributed by atoms with Gasteiger partial charge in [-0.05, 0) is 45.7 Å². The molecule has 1 saturated carbocycles. The molecule has 1 N–H and O–H groups in total. The Hall–Kier alpha value is -0.170. The summed E-state index contributed by atoms with van der Waals surface area (Å²) in [5.41, 5.74) is 0. The van der Waals surface area contributed by atoms with Gasteiger partial charge >= 0.3 is 0 Å². The summed E-state index contributed by atoms with van der Waals surface area (Å²) < 4.78 is 26.4. The predicted octanol–water partition coefficient (Wildman–Crippen LogP) is 0.874. The van der Waals surface area contributed by atoms with E-state index in [-0.39, 0.29) is 0 Å². The van der Waals surface area contributed by atoms with Crippen molar-refractivity contribution >= 4 is 10.0 Å². The highest BCUT2D eigenvalue weighted by Gasteiger charge is 2.30. The largest absolute Gasteiger partial charge is 0.314 e. The van der Waals surface area contributed by atoms with E-state index < -0.39 is 10.0 Å². The molecular formula is C14H29N3O2S. The summed E-state index contributed by atoms with van der Waals surface area (Å²) in [6.07, 6.45) is 5.32. The van der Waals surface area contributed by atoms with Gasteiger partial charge in [0.2, 0.25) is 10.0 Å². The minimum Gasteiger partial charge on any atom is -0.314 e. The Morgan fingerprint density at radius 3 is 2.60 bits per heavy atom. The summed E-state index contributed by atoms with van der Waals surface area (Å²) in [7, 11) is -0.971. The Labute approximate surface area is 123 Å². The van der Waals surface area contributed by atoms with Crippen molar-refractivity contribution in [3.63, 3.8) is 0 Å². The van der Waals surface area contributed by atoms with Crippen molar-refractivity contribution in [1.29, 1.82) is 0 Å². The second-order valence-corrected chi connectivity index (χ2v) is 8.24. The van der Waals surface area contributed by atoms with E-state index in [1.807, 2.05) is 0 Å². The zero-order valence-corrected chi connectivity index (χ0v) is 13.7. The first kappa shape index (κ1) is 16.2. The van der Waals surface area contributed by atoms with Gasteiger partial charge in [-0.25, -0.2) is 8.42 Å². The summed E-state index contributed by atoms with van der Waals surface area (Å²) in [5.74, 6) is 0.305. The van der Waals surface area contributed by atoms with Gasteiger partial charge in [-0.3, -0.25) is 0 Å². The maximum atomic E-state index is 12.4. The SMILES string of the molecule is CCC1CN(S(=O)(=O)CCCCNC2CC2)CCN1C. The van der Waals surface area contributed by atoms with Crippen LogP contribution in [0.15, 0.2) is 0 Å². The minimum absolute atomic E-state index is 0.305. The van der Waals surface area contributed by atoms with Crippen molar-refractivity contribution in [2.24, 2.45) is 0 Å². The van der Waals surface area contributed by atoms with Crippen LogP contribution < -0.4 is 5.32 Å². The molecule has 0 aromatic carbocycles. The van der Waals surface area contributed by atoms with Crippen LogP contribution in [-0.4, -0.2) is 68.7 Å². The third kappa shape index (κ3) is 4.69. The van der Waals surface area contributed by atoms with Crippen molar-refractivity contribution in [2.75, 3.05) is 39.0 Å². The average molecular weight is 303 g/mol. The van der Waals surface area contributed by atoms with Crippen molar-refractivity contribution < 1.29 is 8.42 Å². The van der Waals surface area contributed by atoms with Gasteiger partial charge in [-0.2, -0.15) is 4.31 Å². The molecule has 20 heavy (non-hydrogen) atoms. The molecule has 1 saturated heterocycles. The second-order valence-electron chi connectivity index (χ2n) is 6.15. The smallest absolute Gasteiger partial charge is 0.214 e. The Morgan fingerprint density at radius 2 is 1.95 bits per heavy atom. The first-order valence-corrected chi connectivity index (χ1v) is 9.55. The quantitative estimate of drug-likeness (QED) is 0.676. The lowest BCUT2D eigenvalue weighted by Crippen LogP contribution is -2.53. The minimum atomic E-state index is -3.06. The molecule has 1 heterocycles. The lowest BCUT2D eigenvalue weighted by atomic mass is 10.1. The number of piperazine rings is 1. The summed E-state index contributed by atoms with van der Waals surface area (Å²) in [4.78, 5) is 2.27. The molecule has 1 aliphatic heterocycles. The highest BCUT2D eigenvalue weighted by molar-refractivity contribution is 7.89. The van der Waals surface area contributed by atoms with E-state index in [9.17, 15) is 8.42 Å². The predicted molar refractivity (Wildman–Crippen MR) is 82.3 cm³/mol. The van der Waals surface area contributed by atoms with Gasteiger partial charge in [-0.15, -0.1) is 0 Å².